The Morgan fingerprint density at radius 1 is 1.37 bits per heavy atom. The van der Waals surface area contributed by atoms with Gasteiger partial charge in [0.05, 0.1) is 12.2 Å². The lowest BCUT2D eigenvalue weighted by molar-refractivity contribution is 0.0952. The Hall–Kier alpha value is -1.64. The molecule has 1 aliphatic rings. The van der Waals surface area contributed by atoms with Gasteiger partial charge in [0.2, 0.25) is 0 Å². The van der Waals surface area contributed by atoms with Crippen molar-refractivity contribution in [3.8, 4) is 6.07 Å². The molecule has 2 rings (SSSR count). The van der Waals surface area contributed by atoms with Crippen LogP contribution in [0.2, 0.25) is 0 Å². The number of pyridine rings is 1. The predicted octanol–water partition coefficient (Wildman–Crippen LogP) is 1.11. The number of anilines is 1. The van der Waals surface area contributed by atoms with Gasteiger partial charge in [-0.3, -0.25) is 4.90 Å². The maximum Gasteiger partial charge on any atom is 0.128 e. The van der Waals surface area contributed by atoms with Gasteiger partial charge in [-0.2, -0.15) is 5.26 Å². The van der Waals surface area contributed by atoms with Crippen molar-refractivity contribution < 1.29 is 4.74 Å². The second kappa shape index (κ2) is 6.50. The van der Waals surface area contributed by atoms with Gasteiger partial charge in [-0.15, -0.1) is 0 Å². The van der Waals surface area contributed by atoms with E-state index >= 15 is 0 Å². The number of hydrogen-bond acceptors (Lipinski definition) is 5. The molecular formula is C14H20N4O. The number of nitrogens with zero attached hydrogens (tertiary/aromatic N) is 4. The van der Waals surface area contributed by atoms with Crippen LogP contribution in [0.25, 0.3) is 0 Å². The summed E-state index contributed by atoms with van der Waals surface area (Å²) in [6, 6.07) is 6.29. The quantitative estimate of drug-likeness (QED) is 0.811. The Morgan fingerprint density at radius 2 is 2.11 bits per heavy atom. The average molecular weight is 260 g/mol. The van der Waals surface area contributed by atoms with Crippen molar-refractivity contribution in [1.29, 1.82) is 5.26 Å². The summed E-state index contributed by atoms with van der Waals surface area (Å²) in [6.07, 6.45) is 1.63. The molecule has 1 atom stereocenters. The number of rotatable bonds is 4. The van der Waals surface area contributed by atoms with Crippen molar-refractivity contribution in [3.63, 3.8) is 0 Å². The van der Waals surface area contributed by atoms with Crippen LogP contribution in [0.1, 0.15) is 12.5 Å². The molecule has 1 unspecified atom stereocenters. The lowest BCUT2D eigenvalue weighted by atomic mass is 10.2. The van der Waals surface area contributed by atoms with Crippen molar-refractivity contribution >= 4 is 5.82 Å². The molecule has 0 aliphatic carbocycles. The zero-order valence-corrected chi connectivity index (χ0v) is 11.5. The Kier molecular flexibility index (Phi) is 4.72. The van der Waals surface area contributed by atoms with E-state index in [4.69, 9.17) is 10.00 Å². The monoisotopic (exact) mass is 260 g/mol. The molecule has 0 saturated carbocycles. The van der Waals surface area contributed by atoms with Crippen LogP contribution in [0.4, 0.5) is 5.82 Å². The summed E-state index contributed by atoms with van der Waals surface area (Å²) >= 11 is 0. The highest BCUT2D eigenvalue weighted by Crippen LogP contribution is 2.15. The fourth-order valence-electron chi connectivity index (χ4n) is 2.38. The zero-order valence-electron chi connectivity index (χ0n) is 11.5. The average Bonchev–Trinajstić information content (AvgIpc) is 2.48. The number of nitriles is 1. The van der Waals surface area contributed by atoms with E-state index in [0.29, 0.717) is 11.6 Å². The molecule has 2 heterocycles. The Bertz CT molecular complexity index is 432. The van der Waals surface area contributed by atoms with Crippen LogP contribution >= 0.6 is 0 Å². The van der Waals surface area contributed by atoms with Crippen LogP contribution in [-0.4, -0.2) is 55.8 Å². The summed E-state index contributed by atoms with van der Waals surface area (Å²) in [7, 11) is 1.74. The van der Waals surface area contributed by atoms with Crippen molar-refractivity contribution in [2.24, 2.45) is 0 Å². The lowest BCUT2D eigenvalue weighted by Gasteiger charge is -2.38. The number of methoxy groups -OCH3 is 1. The van der Waals surface area contributed by atoms with Gasteiger partial charge in [0.1, 0.15) is 11.9 Å². The van der Waals surface area contributed by atoms with E-state index in [9.17, 15) is 0 Å². The Balaban J connectivity index is 1.90. The molecule has 1 saturated heterocycles. The first-order chi connectivity index (χ1) is 9.24. The molecule has 19 heavy (non-hydrogen) atoms. The maximum absolute atomic E-state index is 8.76. The first kappa shape index (κ1) is 13.8. The van der Waals surface area contributed by atoms with Gasteiger partial charge in [-0.1, -0.05) is 0 Å². The highest BCUT2D eigenvalue weighted by atomic mass is 16.5. The largest absolute Gasteiger partial charge is 0.383 e. The zero-order chi connectivity index (χ0) is 13.7. The Morgan fingerprint density at radius 3 is 2.63 bits per heavy atom. The molecule has 0 amide bonds. The van der Waals surface area contributed by atoms with Gasteiger partial charge in [0.15, 0.2) is 0 Å². The third-order valence-electron chi connectivity index (χ3n) is 3.55. The number of hydrogen-bond donors (Lipinski definition) is 0. The van der Waals surface area contributed by atoms with E-state index in [1.807, 2.05) is 12.1 Å². The molecule has 5 nitrogen and oxygen atoms in total. The highest BCUT2D eigenvalue weighted by Gasteiger charge is 2.21. The lowest BCUT2D eigenvalue weighted by Crippen LogP contribution is -2.50. The SMILES string of the molecule is COCC(C)N1CCN(c2ccc(C#N)cn2)CC1. The maximum atomic E-state index is 8.76. The summed E-state index contributed by atoms with van der Waals surface area (Å²) < 4.78 is 5.20. The van der Waals surface area contributed by atoms with Gasteiger partial charge in [-0.05, 0) is 19.1 Å². The molecule has 0 radical (unpaired) electrons. The standard InChI is InChI=1S/C14H20N4O/c1-12(11-19-2)17-5-7-18(8-6-17)14-4-3-13(9-15)10-16-14/h3-4,10,12H,5-8,11H2,1-2H3. The minimum atomic E-state index is 0.459. The van der Waals surface area contributed by atoms with Crippen molar-refractivity contribution in [2.75, 3.05) is 44.8 Å². The van der Waals surface area contributed by atoms with Crippen LogP contribution in [-0.2, 0) is 4.74 Å². The molecule has 0 spiro atoms. The molecule has 0 aromatic carbocycles. The fourth-order valence-corrected chi connectivity index (χ4v) is 2.38. The van der Waals surface area contributed by atoms with Crippen molar-refractivity contribution in [3.05, 3.63) is 23.9 Å². The molecular weight excluding hydrogens is 240 g/mol. The third kappa shape index (κ3) is 3.43. The van der Waals surface area contributed by atoms with Crippen LogP contribution in [0.15, 0.2) is 18.3 Å². The van der Waals surface area contributed by atoms with E-state index < -0.39 is 0 Å². The summed E-state index contributed by atoms with van der Waals surface area (Å²) in [5.74, 6) is 0.957. The van der Waals surface area contributed by atoms with E-state index in [2.05, 4.69) is 27.8 Å². The van der Waals surface area contributed by atoms with E-state index in [-0.39, 0.29) is 0 Å². The molecule has 5 heteroatoms. The second-order valence-corrected chi connectivity index (χ2v) is 4.84. The van der Waals surface area contributed by atoms with E-state index in [0.717, 1.165) is 38.6 Å². The number of ether oxygens (including phenoxy) is 1. The summed E-state index contributed by atoms with van der Waals surface area (Å²) in [4.78, 5) is 9.03. The molecule has 102 valence electrons. The topological polar surface area (TPSA) is 52.4 Å². The highest BCUT2D eigenvalue weighted by molar-refractivity contribution is 5.42. The van der Waals surface area contributed by atoms with Gasteiger partial charge in [-0.25, -0.2) is 4.98 Å². The summed E-state index contributed by atoms with van der Waals surface area (Å²) in [5.41, 5.74) is 0.608. The van der Waals surface area contributed by atoms with Crippen LogP contribution in [0.3, 0.4) is 0 Å². The van der Waals surface area contributed by atoms with Gasteiger partial charge in [0, 0.05) is 45.5 Å². The minimum absolute atomic E-state index is 0.459. The van der Waals surface area contributed by atoms with Crippen LogP contribution < -0.4 is 4.90 Å². The first-order valence-electron chi connectivity index (χ1n) is 6.58. The van der Waals surface area contributed by atoms with Crippen LogP contribution in [0.5, 0.6) is 0 Å². The van der Waals surface area contributed by atoms with Crippen molar-refractivity contribution in [2.45, 2.75) is 13.0 Å². The number of aromatic nitrogens is 1. The van der Waals surface area contributed by atoms with Crippen LogP contribution in [0, 0.1) is 11.3 Å². The normalized spacial score (nSPS) is 18.1. The van der Waals surface area contributed by atoms with E-state index in [1.165, 1.54) is 0 Å². The molecule has 0 N–H and O–H groups in total. The molecule has 1 aromatic rings. The Labute approximate surface area is 114 Å². The third-order valence-corrected chi connectivity index (χ3v) is 3.55. The predicted molar refractivity (Wildman–Crippen MR) is 74.1 cm³/mol. The molecule has 0 bridgehead atoms. The molecule has 1 aromatic heterocycles. The van der Waals surface area contributed by atoms with Crippen molar-refractivity contribution in [1.82, 2.24) is 9.88 Å². The second-order valence-electron chi connectivity index (χ2n) is 4.84. The molecule has 1 fully saturated rings. The summed E-state index contributed by atoms with van der Waals surface area (Å²) in [5, 5.41) is 8.76. The van der Waals surface area contributed by atoms with Gasteiger partial charge < -0.3 is 9.64 Å². The summed E-state index contributed by atoms with van der Waals surface area (Å²) in [6.45, 7) is 6.94. The molecule has 1 aliphatic heterocycles. The number of piperazine rings is 1. The first-order valence-corrected chi connectivity index (χ1v) is 6.58. The van der Waals surface area contributed by atoms with Gasteiger partial charge in [0.25, 0.3) is 0 Å². The fraction of sp³-hybridized carbons (Fsp3) is 0.571. The minimum Gasteiger partial charge on any atom is -0.383 e. The van der Waals surface area contributed by atoms with E-state index in [1.54, 1.807) is 13.3 Å². The van der Waals surface area contributed by atoms with Gasteiger partial charge >= 0.3 is 0 Å². The smallest absolute Gasteiger partial charge is 0.128 e.